The summed E-state index contributed by atoms with van der Waals surface area (Å²) < 4.78 is 25.8. The smallest absolute Gasteiger partial charge is 0.209 e. The monoisotopic (exact) mass is 179 g/mol. The fourth-order valence-corrected chi connectivity index (χ4v) is 0.810. The number of hydrazine groups is 1. The van der Waals surface area contributed by atoms with E-state index < -0.39 is 11.6 Å². The Balaban J connectivity index is 3.17. The number of hydrogen-bond donors (Lipinski definition) is 2. The van der Waals surface area contributed by atoms with Gasteiger partial charge in [0, 0.05) is 0 Å². The van der Waals surface area contributed by atoms with Crippen molar-refractivity contribution in [3.8, 4) is 6.07 Å². The average Bonchev–Trinajstić information content (AvgIpc) is 2.14. The summed E-state index contributed by atoms with van der Waals surface area (Å²) in [5.41, 5.74) is 1.67. The van der Waals surface area contributed by atoms with Crippen LogP contribution in [0.5, 0.6) is 0 Å². The second kappa shape index (κ2) is 3.87. The van der Waals surface area contributed by atoms with Crippen molar-refractivity contribution in [3.05, 3.63) is 29.3 Å². The van der Waals surface area contributed by atoms with Gasteiger partial charge in [0.2, 0.25) is 7.98 Å². The minimum absolute atomic E-state index is 0.154. The first-order chi connectivity index (χ1) is 6.20. The van der Waals surface area contributed by atoms with Gasteiger partial charge in [-0.05, 0) is 12.1 Å². The Kier molecular flexibility index (Phi) is 2.82. The van der Waals surface area contributed by atoms with Gasteiger partial charge in [-0.25, -0.2) is 8.78 Å². The lowest BCUT2D eigenvalue weighted by Gasteiger charge is -2.06. The molecule has 0 aliphatic heterocycles. The lowest BCUT2D eigenvalue weighted by Crippen LogP contribution is -2.18. The average molecular weight is 179 g/mol. The first-order valence-electron chi connectivity index (χ1n) is 3.30. The Bertz CT molecular complexity index is 361. The number of rotatable bonds is 2. The van der Waals surface area contributed by atoms with Crippen LogP contribution < -0.4 is 10.8 Å². The fraction of sp³-hybridized carbons (Fsp3) is 0. The van der Waals surface area contributed by atoms with E-state index in [9.17, 15) is 8.78 Å². The second-order valence-electron chi connectivity index (χ2n) is 2.17. The van der Waals surface area contributed by atoms with E-state index in [0.717, 1.165) is 6.07 Å². The molecule has 0 atom stereocenters. The maximum Gasteiger partial charge on any atom is 0.209 e. The number of nitriles is 1. The van der Waals surface area contributed by atoms with E-state index in [-0.39, 0.29) is 11.3 Å². The van der Waals surface area contributed by atoms with E-state index in [4.69, 9.17) is 13.2 Å². The molecule has 0 saturated carbocycles. The summed E-state index contributed by atoms with van der Waals surface area (Å²) >= 11 is 0. The van der Waals surface area contributed by atoms with E-state index in [2.05, 4.69) is 5.43 Å². The highest BCUT2D eigenvalue weighted by atomic mass is 19.2. The van der Waals surface area contributed by atoms with Crippen LogP contribution in [-0.2, 0) is 0 Å². The molecule has 1 aromatic carbocycles. The molecule has 1 rings (SSSR count). The normalized spacial score (nSPS) is 9.31. The second-order valence-corrected chi connectivity index (χ2v) is 2.17. The molecule has 0 spiro atoms. The van der Waals surface area contributed by atoms with E-state index in [0.29, 0.717) is 0 Å². The maximum atomic E-state index is 13.0. The van der Waals surface area contributed by atoms with Gasteiger partial charge >= 0.3 is 0 Å². The Morgan fingerprint density at radius 3 is 2.54 bits per heavy atom. The molecule has 13 heavy (non-hydrogen) atoms. The zero-order valence-electron chi connectivity index (χ0n) is 6.44. The highest BCUT2D eigenvalue weighted by Gasteiger charge is 2.11. The summed E-state index contributed by atoms with van der Waals surface area (Å²) in [5, 5.41) is 10.3. The van der Waals surface area contributed by atoms with Crippen LogP contribution in [0.1, 0.15) is 5.56 Å². The summed E-state index contributed by atoms with van der Waals surface area (Å²) in [6, 6.07) is 3.87. The molecular weight excluding hydrogens is 175 g/mol. The van der Waals surface area contributed by atoms with Crippen LogP contribution in [0.2, 0.25) is 0 Å². The standard InChI is InChI=1S/C7H4BF2N3/c8-13-12-5-2-1-4(3-11)6(9)7(5)10/h1-2,12-13H. The molecular formula is C7H4BF2N3. The van der Waals surface area contributed by atoms with Gasteiger partial charge in [-0.2, -0.15) is 5.26 Å². The molecule has 64 valence electrons. The fourth-order valence-electron chi connectivity index (χ4n) is 0.810. The van der Waals surface area contributed by atoms with Crippen molar-refractivity contribution >= 4 is 13.7 Å². The highest BCUT2D eigenvalue weighted by Crippen LogP contribution is 2.18. The van der Waals surface area contributed by atoms with E-state index in [1.165, 1.54) is 12.1 Å². The summed E-state index contributed by atoms with van der Waals surface area (Å²) in [6.45, 7) is 0. The topological polar surface area (TPSA) is 47.8 Å². The number of nitrogens with one attached hydrogen (secondary N) is 2. The van der Waals surface area contributed by atoms with Crippen molar-refractivity contribution in [3.63, 3.8) is 0 Å². The lowest BCUT2D eigenvalue weighted by atomic mass is 10.2. The predicted molar refractivity (Wildman–Crippen MR) is 43.6 cm³/mol. The van der Waals surface area contributed by atoms with E-state index in [1.54, 1.807) is 0 Å². The van der Waals surface area contributed by atoms with Crippen molar-refractivity contribution in [1.29, 1.82) is 5.26 Å². The zero-order chi connectivity index (χ0) is 9.84. The van der Waals surface area contributed by atoms with Gasteiger partial charge in [0.25, 0.3) is 0 Å². The van der Waals surface area contributed by atoms with Gasteiger partial charge in [0.15, 0.2) is 11.6 Å². The number of hydrogen-bond acceptors (Lipinski definition) is 3. The third-order valence-corrected chi connectivity index (χ3v) is 1.41. The molecule has 0 saturated heterocycles. The summed E-state index contributed by atoms with van der Waals surface area (Å²) in [7, 11) is 4.83. The molecule has 2 N–H and O–H groups in total. The number of halogens is 2. The minimum atomic E-state index is -1.19. The molecule has 2 radical (unpaired) electrons. The number of anilines is 1. The molecule has 1 aromatic rings. The molecule has 0 heterocycles. The summed E-state index contributed by atoms with van der Waals surface area (Å²) in [5.74, 6) is -2.33. The molecule has 3 nitrogen and oxygen atoms in total. The van der Waals surface area contributed by atoms with Gasteiger partial charge in [-0.15, -0.1) is 0 Å². The lowest BCUT2D eigenvalue weighted by molar-refractivity contribution is 0.508. The number of benzene rings is 1. The van der Waals surface area contributed by atoms with Crippen molar-refractivity contribution in [1.82, 2.24) is 5.34 Å². The predicted octanol–water partition coefficient (Wildman–Crippen LogP) is 0.836. The Hall–Kier alpha value is -1.61. The van der Waals surface area contributed by atoms with Crippen LogP contribution in [0.4, 0.5) is 14.5 Å². The Morgan fingerprint density at radius 2 is 2.00 bits per heavy atom. The van der Waals surface area contributed by atoms with Crippen molar-refractivity contribution in [2.45, 2.75) is 0 Å². The van der Waals surface area contributed by atoms with Crippen molar-refractivity contribution in [2.75, 3.05) is 5.43 Å². The molecule has 0 aliphatic rings. The largest absolute Gasteiger partial charge is 0.331 e. The van der Waals surface area contributed by atoms with Crippen molar-refractivity contribution in [2.24, 2.45) is 0 Å². The molecule has 0 fully saturated rings. The van der Waals surface area contributed by atoms with Gasteiger partial charge in [-0.1, -0.05) is 0 Å². The summed E-state index contributed by atoms with van der Waals surface area (Å²) in [6.07, 6.45) is 0. The zero-order valence-corrected chi connectivity index (χ0v) is 6.44. The van der Waals surface area contributed by atoms with Crippen LogP contribution in [0.15, 0.2) is 12.1 Å². The Morgan fingerprint density at radius 1 is 1.31 bits per heavy atom. The van der Waals surface area contributed by atoms with Gasteiger partial charge < -0.3 is 5.43 Å². The van der Waals surface area contributed by atoms with Crippen LogP contribution in [0.25, 0.3) is 0 Å². The van der Waals surface area contributed by atoms with Crippen LogP contribution in [0.3, 0.4) is 0 Å². The van der Waals surface area contributed by atoms with Gasteiger partial charge in [0.1, 0.15) is 6.07 Å². The first-order valence-corrected chi connectivity index (χ1v) is 3.30. The maximum absolute atomic E-state index is 13.0. The SMILES string of the molecule is [B]NNc1ccc(C#N)c(F)c1F. The third-order valence-electron chi connectivity index (χ3n) is 1.41. The summed E-state index contributed by atoms with van der Waals surface area (Å²) in [4.78, 5) is 0. The molecule has 0 aliphatic carbocycles. The molecule has 0 bridgehead atoms. The first kappa shape index (κ1) is 9.48. The van der Waals surface area contributed by atoms with Crippen LogP contribution in [0, 0.1) is 23.0 Å². The third kappa shape index (κ3) is 1.76. The molecule has 0 aromatic heterocycles. The molecule has 0 unspecified atom stereocenters. The molecule has 6 heteroatoms. The quantitative estimate of drug-likeness (QED) is 0.522. The minimum Gasteiger partial charge on any atom is -0.331 e. The van der Waals surface area contributed by atoms with E-state index >= 15 is 0 Å². The van der Waals surface area contributed by atoms with Crippen LogP contribution >= 0.6 is 0 Å². The highest BCUT2D eigenvalue weighted by molar-refractivity contribution is 6.05. The van der Waals surface area contributed by atoms with Crippen LogP contribution in [-0.4, -0.2) is 7.98 Å². The van der Waals surface area contributed by atoms with E-state index in [1.807, 2.05) is 5.34 Å². The Labute approximate surface area is 74.8 Å². The van der Waals surface area contributed by atoms with Gasteiger partial charge in [-0.3, -0.25) is 5.34 Å². The van der Waals surface area contributed by atoms with Gasteiger partial charge in [0.05, 0.1) is 11.3 Å². The molecule has 0 amide bonds. The number of nitrogens with zero attached hydrogens (tertiary/aromatic N) is 1. The van der Waals surface area contributed by atoms with Crippen molar-refractivity contribution < 1.29 is 8.78 Å².